The molecule has 0 aliphatic rings. The van der Waals surface area contributed by atoms with Gasteiger partial charge in [-0.15, -0.1) is 0 Å². The number of allylic oxidation sites excluding steroid dienone is 8. The van der Waals surface area contributed by atoms with Crippen molar-refractivity contribution in [2.24, 2.45) is 0 Å². The van der Waals surface area contributed by atoms with Gasteiger partial charge in [0.1, 0.15) is 6.61 Å². The van der Waals surface area contributed by atoms with E-state index in [1.165, 1.54) is 161 Å². The molecule has 0 aromatic heterocycles. The van der Waals surface area contributed by atoms with Crippen molar-refractivity contribution in [2.75, 3.05) is 19.8 Å². The van der Waals surface area contributed by atoms with Gasteiger partial charge < -0.3 is 14.2 Å². The first kappa shape index (κ1) is 57.9. The topological polar surface area (TPSA) is 61.8 Å². The third kappa shape index (κ3) is 48.5. The van der Waals surface area contributed by atoms with Crippen molar-refractivity contribution in [1.29, 1.82) is 0 Å². The molecule has 5 nitrogen and oxygen atoms in total. The molecule has 0 heterocycles. The summed E-state index contributed by atoms with van der Waals surface area (Å²) in [5.74, 6) is -0.412. The zero-order valence-corrected chi connectivity index (χ0v) is 40.2. The van der Waals surface area contributed by atoms with Crippen molar-refractivity contribution >= 4 is 11.9 Å². The summed E-state index contributed by atoms with van der Waals surface area (Å²) >= 11 is 0. The van der Waals surface area contributed by atoms with Crippen LogP contribution in [0.4, 0.5) is 0 Å². The summed E-state index contributed by atoms with van der Waals surface area (Å²) in [4.78, 5) is 25.4. The molecule has 0 bridgehead atoms. The first-order valence-corrected chi connectivity index (χ1v) is 26.2. The fraction of sp³-hybridized carbons (Fsp3) is 0.818. The monoisotopic (exact) mass is 841 g/mol. The maximum Gasteiger partial charge on any atom is 0.306 e. The lowest BCUT2D eigenvalue weighted by Crippen LogP contribution is -2.30. The molecule has 5 heteroatoms. The van der Waals surface area contributed by atoms with Crippen LogP contribution < -0.4 is 0 Å². The summed E-state index contributed by atoms with van der Waals surface area (Å²) in [6, 6.07) is 0. The average molecular weight is 841 g/mol. The van der Waals surface area contributed by atoms with Crippen LogP contribution in [0.5, 0.6) is 0 Å². The molecule has 0 N–H and O–H groups in total. The van der Waals surface area contributed by atoms with E-state index < -0.39 is 6.10 Å². The van der Waals surface area contributed by atoms with Gasteiger partial charge in [-0.3, -0.25) is 9.59 Å². The highest BCUT2D eigenvalue weighted by molar-refractivity contribution is 5.70. The Labute approximate surface area is 373 Å². The molecule has 0 saturated carbocycles. The van der Waals surface area contributed by atoms with E-state index in [2.05, 4.69) is 69.4 Å². The Morgan fingerprint density at radius 1 is 0.367 bits per heavy atom. The highest BCUT2D eigenvalue weighted by atomic mass is 16.6. The zero-order valence-electron chi connectivity index (χ0n) is 40.2. The highest BCUT2D eigenvalue weighted by Gasteiger charge is 2.17. The molecule has 60 heavy (non-hydrogen) atoms. The van der Waals surface area contributed by atoms with Gasteiger partial charge in [0.25, 0.3) is 0 Å². The summed E-state index contributed by atoms with van der Waals surface area (Å²) in [5, 5.41) is 0. The maximum atomic E-state index is 12.8. The molecule has 0 amide bonds. The summed E-state index contributed by atoms with van der Waals surface area (Å²) < 4.78 is 17.4. The van der Waals surface area contributed by atoms with E-state index in [9.17, 15) is 9.59 Å². The molecule has 1 unspecified atom stereocenters. The predicted octanol–water partition coefficient (Wildman–Crippen LogP) is 17.6. The number of ether oxygens (including phenoxy) is 3. The quantitative estimate of drug-likeness (QED) is 0.0347. The summed E-state index contributed by atoms with van der Waals surface area (Å²) in [7, 11) is 0. The van der Waals surface area contributed by atoms with E-state index in [1.54, 1.807) is 0 Å². The Morgan fingerprint density at radius 2 is 0.733 bits per heavy atom. The van der Waals surface area contributed by atoms with Gasteiger partial charge in [-0.2, -0.15) is 0 Å². The molecular formula is C55H100O5. The Hall–Kier alpha value is -2.14. The molecule has 1 atom stereocenters. The Morgan fingerprint density at radius 3 is 1.20 bits per heavy atom. The molecule has 0 spiro atoms. The van der Waals surface area contributed by atoms with Crippen LogP contribution in [0.25, 0.3) is 0 Å². The number of carbonyl (C=O) groups excluding carboxylic acids is 2. The third-order valence-electron chi connectivity index (χ3n) is 11.3. The summed E-state index contributed by atoms with van der Waals surface area (Å²) in [6.45, 7) is 7.75. The van der Waals surface area contributed by atoms with Crippen molar-refractivity contribution in [3.8, 4) is 0 Å². The van der Waals surface area contributed by atoms with Gasteiger partial charge in [-0.1, -0.05) is 223 Å². The maximum absolute atomic E-state index is 12.8. The number of hydrogen-bond acceptors (Lipinski definition) is 5. The van der Waals surface area contributed by atoms with Gasteiger partial charge in [0.15, 0.2) is 6.10 Å². The van der Waals surface area contributed by atoms with E-state index >= 15 is 0 Å². The minimum Gasteiger partial charge on any atom is -0.462 e. The number of carbonyl (C=O) groups is 2. The van der Waals surface area contributed by atoms with Crippen molar-refractivity contribution < 1.29 is 23.8 Å². The van der Waals surface area contributed by atoms with Crippen LogP contribution in [0.3, 0.4) is 0 Å². The zero-order chi connectivity index (χ0) is 43.5. The van der Waals surface area contributed by atoms with E-state index in [4.69, 9.17) is 14.2 Å². The lowest BCUT2D eigenvalue weighted by atomic mass is 10.0. The molecule has 0 radical (unpaired) electrons. The van der Waals surface area contributed by atoms with E-state index in [0.29, 0.717) is 19.4 Å². The Bertz CT molecular complexity index is 997. The van der Waals surface area contributed by atoms with Crippen LogP contribution in [0.2, 0.25) is 0 Å². The highest BCUT2D eigenvalue weighted by Crippen LogP contribution is 2.15. The van der Waals surface area contributed by atoms with Gasteiger partial charge in [-0.05, 0) is 77.0 Å². The van der Waals surface area contributed by atoms with Crippen LogP contribution >= 0.6 is 0 Å². The van der Waals surface area contributed by atoms with Crippen molar-refractivity contribution in [3.63, 3.8) is 0 Å². The lowest BCUT2D eigenvalue weighted by molar-refractivity contribution is -0.163. The molecule has 0 aromatic rings. The first-order chi connectivity index (χ1) is 29.6. The van der Waals surface area contributed by atoms with Crippen molar-refractivity contribution in [1.82, 2.24) is 0 Å². The van der Waals surface area contributed by atoms with E-state index in [-0.39, 0.29) is 25.2 Å². The number of hydrogen-bond donors (Lipinski definition) is 0. The smallest absolute Gasteiger partial charge is 0.306 e. The van der Waals surface area contributed by atoms with Gasteiger partial charge in [0.2, 0.25) is 0 Å². The number of esters is 2. The molecule has 350 valence electrons. The standard InChI is InChI=1S/C55H100O5/c1-4-7-10-13-16-19-22-25-27-28-29-31-33-36-39-42-45-48-54(56)59-52-53(51-58-50-47-44-41-38-35-32-26-23-20-17-14-11-8-5-2)60-55(57)49-46-43-40-37-34-30-24-21-18-15-12-9-6-3/h12,15-16,19,21,24-25,27,53H,4-11,13-14,17-18,20,22-23,26,28-52H2,1-3H3/b15-12-,19-16-,24-21-,27-25-. The molecular weight excluding hydrogens is 741 g/mol. The molecule has 0 saturated heterocycles. The third-order valence-corrected chi connectivity index (χ3v) is 11.3. The molecule has 0 aromatic carbocycles. The first-order valence-electron chi connectivity index (χ1n) is 26.2. The van der Waals surface area contributed by atoms with Crippen LogP contribution in [0.15, 0.2) is 48.6 Å². The number of unbranched alkanes of at least 4 members (excludes halogenated alkanes) is 29. The second-order valence-corrected chi connectivity index (χ2v) is 17.4. The average Bonchev–Trinajstić information content (AvgIpc) is 3.25. The number of rotatable bonds is 48. The van der Waals surface area contributed by atoms with E-state index in [1.807, 2.05) is 0 Å². The SMILES string of the molecule is CCC/C=C\C/C=C\CCCCCCCC(=O)OC(COCCCCCCCCCCCCCCCC)COC(=O)CCCCCCCCC/C=C\C/C=C\CCCCC. The summed E-state index contributed by atoms with van der Waals surface area (Å²) in [6.07, 6.45) is 62.5. The van der Waals surface area contributed by atoms with Crippen molar-refractivity contribution in [2.45, 2.75) is 271 Å². The largest absolute Gasteiger partial charge is 0.462 e. The summed E-state index contributed by atoms with van der Waals surface area (Å²) in [5.41, 5.74) is 0. The van der Waals surface area contributed by atoms with Crippen molar-refractivity contribution in [3.05, 3.63) is 48.6 Å². The minimum atomic E-state index is -0.543. The van der Waals surface area contributed by atoms with Crippen LogP contribution in [-0.4, -0.2) is 37.9 Å². The molecule has 0 fully saturated rings. The predicted molar refractivity (Wildman–Crippen MR) is 261 cm³/mol. The molecule has 0 rings (SSSR count). The second-order valence-electron chi connectivity index (χ2n) is 17.4. The lowest BCUT2D eigenvalue weighted by Gasteiger charge is -2.18. The van der Waals surface area contributed by atoms with Crippen LogP contribution in [0, 0.1) is 0 Å². The normalized spacial score (nSPS) is 12.5. The van der Waals surface area contributed by atoms with Gasteiger partial charge in [0.05, 0.1) is 6.61 Å². The van der Waals surface area contributed by atoms with Gasteiger partial charge >= 0.3 is 11.9 Å². The Kier molecular flexibility index (Phi) is 49.4. The molecule has 0 aliphatic carbocycles. The molecule has 0 aliphatic heterocycles. The van der Waals surface area contributed by atoms with Crippen LogP contribution in [0.1, 0.15) is 265 Å². The minimum absolute atomic E-state index is 0.0783. The van der Waals surface area contributed by atoms with Gasteiger partial charge in [-0.25, -0.2) is 0 Å². The van der Waals surface area contributed by atoms with E-state index in [0.717, 1.165) is 70.6 Å². The fourth-order valence-electron chi connectivity index (χ4n) is 7.40. The van der Waals surface area contributed by atoms with Gasteiger partial charge in [0, 0.05) is 19.4 Å². The second kappa shape index (κ2) is 51.2. The fourth-order valence-corrected chi connectivity index (χ4v) is 7.40. The Balaban J connectivity index is 4.26. The van der Waals surface area contributed by atoms with Crippen LogP contribution in [-0.2, 0) is 23.8 Å².